The molecule has 0 aliphatic rings. The average Bonchev–Trinajstić information content (AvgIpc) is 2.33. The molecule has 1 N–H and O–H groups in total. The van der Waals surface area contributed by atoms with E-state index in [-0.39, 0.29) is 0 Å². The minimum Gasteiger partial charge on any atom is -0.468 e. The molecule has 100 valence electrons. The summed E-state index contributed by atoms with van der Waals surface area (Å²) >= 11 is 0. The van der Waals surface area contributed by atoms with Crippen LogP contribution in [0, 0.1) is 17.6 Å². The van der Waals surface area contributed by atoms with Crippen molar-refractivity contribution in [1.29, 1.82) is 0 Å². The summed E-state index contributed by atoms with van der Waals surface area (Å²) in [5.41, 5.74) is 0.349. The van der Waals surface area contributed by atoms with E-state index >= 15 is 0 Å². The maximum Gasteiger partial charge on any atom is 0.327 e. The molecule has 18 heavy (non-hydrogen) atoms. The summed E-state index contributed by atoms with van der Waals surface area (Å²) in [6.07, 6.45) is 0. The van der Waals surface area contributed by atoms with Gasteiger partial charge in [-0.15, -0.1) is 0 Å². The monoisotopic (exact) mass is 257 g/mol. The van der Waals surface area contributed by atoms with Gasteiger partial charge in [0.2, 0.25) is 0 Å². The Balaban J connectivity index is 2.94. The molecule has 0 fully saturated rings. The van der Waals surface area contributed by atoms with Crippen LogP contribution in [-0.2, 0) is 9.53 Å². The molecule has 0 aromatic heterocycles. The first-order chi connectivity index (χ1) is 8.45. The molecule has 0 aliphatic carbocycles. The number of methoxy groups -OCH3 is 1. The second kappa shape index (κ2) is 6.44. The number of halogens is 2. The molecule has 0 spiro atoms. The molecule has 1 atom stereocenters. The van der Waals surface area contributed by atoms with Crippen LogP contribution in [0.25, 0.3) is 0 Å². The van der Waals surface area contributed by atoms with Crippen LogP contribution in [0.3, 0.4) is 0 Å². The van der Waals surface area contributed by atoms with Gasteiger partial charge in [-0.25, -0.2) is 13.6 Å². The van der Waals surface area contributed by atoms with Gasteiger partial charge in [-0.3, -0.25) is 0 Å². The van der Waals surface area contributed by atoms with Crippen LogP contribution in [0.2, 0.25) is 0 Å². The Morgan fingerprint density at radius 3 is 2.50 bits per heavy atom. The zero-order valence-corrected chi connectivity index (χ0v) is 10.7. The first-order valence-electron chi connectivity index (χ1n) is 5.72. The third-order valence-electron chi connectivity index (χ3n) is 2.44. The molecule has 0 saturated carbocycles. The number of rotatable bonds is 5. The molecule has 1 aromatic rings. The van der Waals surface area contributed by atoms with Crippen LogP contribution in [0.4, 0.5) is 8.78 Å². The van der Waals surface area contributed by atoms with Crippen molar-refractivity contribution in [2.45, 2.75) is 19.9 Å². The van der Waals surface area contributed by atoms with Crippen molar-refractivity contribution < 1.29 is 18.3 Å². The molecular formula is C13H17F2NO2. The zero-order chi connectivity index (χ0) is 13.7. The highest BCUT2D eigenvalue weighted by atomic mass is 19.2. The molecule has 1 rings (SSSR count). The average molecular weight is 257 g/mol. The van der Waals surface area contributed by atoms with Gasteiger partial charge < -0.3 is 10.1 Å². The number of hydrogen-bond donors (Lipinski definition) is 1. The topological polar surface area (TPSA) is 38.3 Å². The van der Waals surface area contributed by atoms with Gasteiger partial charge in [0.1, 0.15) is 6.04 Å². The molecule has 0 saturated heterocycles. The summed E-state index contributed by atoms with van der Waals surface area (Å²) in [6, 6.07) is 2.59. The number of carbonyl (C=O) groups is 1. The van der Waals surface area contributed by atoms with Crippen molar-refractivity contribution in [2.24, 2.45) is 5.92 Å². The smallest absolute Gasteiger partial charge is 0.327 e. The van der Waals surface area contributed by atoms with Gasteiger partial charge in [0.05, 0.1) is 7.11 Å². The summed E-state index contributed by atoms with van der Waals surface area (Å²) in [7, 11) is 1.26. The van der Waals surface area contributed by atoms with Crippen molar-refractivity contribution >= 4 is 5.97 Å². The predicted octanol–water partition coefficient (Wildman–Crippen LogP) is 2.42. The minimum absolute atomic E-state index is 0.322. The highest BCUT2D eigenvalue weighted by Gasteiger charge is 2.22. The Labute approximate surface area is 105 Å². The van der Waals surface area contributed by atoms with Gasteiger partial charge in [0.25, 0.3) is 0 Å². The van der Waals surface area contributed by atoms with E-state index in [2.05, 4.69) is 10.1 Å². The van der Waals surface area contributed by atoms with Gasteiger partial charge >= 0.3 is 5.97 Å². The van der Waals surface area contributed by atoms with Crippen molar-refractivity contribution in [2.75, 3.05) is 13.7 Å². The van der Waals surface area contributed by atoms with Gasteiger partial charge in [0.15, 0.2) is 11.6 Å². The number of ether oxygens (including phenoxy) is 1. The molecule has 1 unspecified atom stereocenters. The Morgan fingerprint density at radius 2 is 2.00 bits per heavy atom. The number of nitrogens with one attached hydrogen (secondary N) is 1. The van der Waals surface area contributed by atoms with E-state index in [1.807, 2.05) is 13.8 Å². The van der Waals surface area contributed by atoms with Gasteiger partial charge in [-0.05, 0) is 30.2 Å². The molecule has 3 nitrogen and oxygen atoms in total. The van der Waals surface area contributed by atoms with E-state index in [9.17, 15) is 13.6 Å². The summed E-state index contributed by atoms with van der Waals surface area (Å²) in [5.74, 6) is -2.12. The first kappa shape index (κ1) is 14.6. The third kappa shape index (κ3) is 3.77. The predicted molar refractivity (Wildman–Crippen MR) is 64.0 cm³/mol. The second-order valence-electron chi connectivity index (χ2n) is 4.43. The molecule has 0 bridgehead atoms. The molecular weight excluding hydrogens is 240 g/mol. The van der Waals surface area contributed by atoms with Crippen LogP contribution >= 0.6 is 0 Å². The van der Waals surface area contributed by atoms with Crippen molar-refractivity contribution in [3.8, 4) is 0 Å². The molecule has 0 aliphatic heterocycles. The van der Waals surface area contributed by atoms with Crippen LogP contribution in [0.15, 0.2) is 18.2 Å². The van der Waals surface area contributed by atoms with E-state index in [4.69, 9.17) is 0 Å². The van der Waals surface area contributed by atoms with Gasteiger partial charge in [-0.1, -0.05) is 19.9 Å². The highest BCUT2D eigenvalue weighted by Crippen LogP contribution is 2.18. The van der Waals surface area contributed by atoms with E-state index < -0.39 is 23.6 Å². The molecule has 0 amide bonds. The zero-order valence-electron chi connectivity index (χ0n) is 10.7. The van der Waals surface area contributed by atoms with E-state index in [1.54, 1.807) is 0 Å². The van der Waals surface area contributed by atoms with E-state index in [0.717, 1.165) is 12.1 Å². The number of esters is 1. The van der Waals surface area contributed by atoms with Crippen molar-refractivity contribution in [3.63, 3.8) is 0 Å². The Bertz CT molecular complexity index is 421. The van der Waals surface area contributed by atoms with Crippen LogP contribution < -0.4 is 5.32 Å². The molecule has 5 heteroatoms. The number of hydrogen-bond acceptors (Lipinski definition) is 3. The standard InChI is InChI=1S/C13H17F2NO2/c1-8(2)7-16-12(13(17)18-3)9-4-5-10(14)11(15)6-9/h4-6,8,12,16H,7H2,1-3H3. The Kier molecular flexibility index (Phi) is 5.22. The summed E-state index contributed by atoms with van der Waals surface area (Å²) in [6.45, 7) is 4.53. The van der Waals surface area contributed by atoms with E-state index in [1.165, 1.54) is 13.2 Å². The molecule has 1 aromatic carbocycles. The molecule has 0 heterocycles. The Hall–Kier alpha value is -1.49. The largest absolute Gasteiger partial charge is 0.468 e. The van der Waals surface area contributed by atoms with Crippen molar-refractivity contribution in [3.05, 3.63) is 35.4 Å². The van der Waals surface area contributed by atoms with Crippen LogP contribution in [-0.4, -0.2) is 19.6 Å². The normalized spacial score (nSPS) is 12.6. The van der Waals surface area contributed by atoms with E-state index in [0.29, 0.717) is 18.0 Å². The SMILES string of the molecule is COC(=O)C(NCC(C)C)c1ccc(F)c(F)c1. The maximum absolute atomic E-state index is 13.2. The fraction of sp³-hybridized carbons (Fsp3) is 0.462. The lowest BCUT2D eigenvalue weighted by atomic mass is 10.1. The lowest BCUT2D eigenvalue weighted by Crippen LogP contribution is -2.32. The van der Waals surface area contributed by atoms with Gasteiger partial charge in [-0.2, -0.15) is 0 Å². The summed E-state index contributed by atoms with van der Waals surface area (Å²) in [4.78, 5) is 11.6. The van der Waals surface area contributed by atoms with Gasteiger partial charge in [0, 0.05) is 0 Å². The second-order valence-corrected chi connectivity index (χ2v) is 4.43. The third-order valence-corrected chi connectivity index (χ3v) is 2.44. The number of carbonyl (C=O) groups excluding carboxylic acids is 1. The fourth-order valence-electron chi connectivity index (χ4n) is 1.50. The fourth-order valence-corrected chi connectivity index (χ4v) is 1.50. The Morgan fingerprint density at radius 1 is 1.33 bits per heavy atom. The minimum atomic E-state index is -0.979. The number of benzene rings is 1. The lowest BCUT2D eigenvalue weighted by Gasteiger charge is -2.18. The lowest BCUT2D eigenvalue weighted by molar-refractivity contribution is -0.143. The quantitative estimate of drug-likeness (QED) is 0.823. The molecule has 0 radical (unpaired) electrons. The van der Waals surface area contributed by atoms with Crippen molar-refractivity contribution in [1.82, 2.24) is 5.32 Å². The maximum atomic E-state index is 13.2. The summed E-state index contributed by atoms with van der Waals surface area (Å²) < 4.78 is 30.7. The summed E-state index contributed by atoms with van der Waals surface area (Å²) in [5, 5.41) is 2.97. The highest BCUT2D eigenvalue weighted by molar-refractivity contribution is 5.77. The first-order valence-corrected chi connectivity index (χ1v) is 5.72. The van der Waals surface area contributed by atoms with Crippen LogP contribution in [0.1, 0.15) is 25.5 Å². The van der Waals surface area contributed by atoms with Crippen LogP contribution in [0.5, 0.6) is 0 Å².